The minimum atomic E-state index is -0.757. The molecule has 24 heavy (non-hydrogen) atoms. The van der Waals surface area contributed by atoms with Gasteiger partial charge < -0.3 is 15.4 Å². The maximum Gasteiger partial charge on any atom is 0.314 e. The zero-order valence-corrected chi connectivity index (χ0v) is 13.1. The van der Waals surface area contributed by atoms with Crippen molar-refractivity contribution in [3.63, 3.8) is 0 Å². The van der Waals surface area contributed by atoms with Crippen molar-refractivity contribution in [1.82, 2.24) is 0 Å². The Morgan fingerprint density at radius 1 is 0.750 bits per heavy atom. The van der Waals surface area contributed by atoms with Crippen molar-refractivity contribution in [3.05, 3.63) is 66.7 Å². The average Bonchev–Trinajstić information content (AvgIpc) is 2.62. The highest BCUT2D eigenvalue weighted by Gasteiger charge is 2.16. The number of fused-ring (bicyclic) bond motifs is 1. The van der Waals surface area contributed by atoms with E-state index in [-0.39, 0.29) is 0 Å². The van der Waals surface area contributed by atoms with Gasteiger partial charge in [0.15, 0.2) is 0 Å². The Morgan fingerprint density at radius 3 is 2.12 bits per heavy atom. The number of rotatable bonds is 3. The maximum absolute atomic E-state index is 12.2. The number of nitrogens with one attached hydrogen (secondary N) is 2. The van der Waals surface area contributed by atoms with E-state index in [1.807, 2.05) is 36.4 Å². The van der Waals surface area contributed by atoms with Crippen LogP contribution in [0.2, 0.25) is 0 Å². The first-order valence-electron chi connectivity index (χ1n) is 7.42. The monoisotopic (exact) mass is 320 g/mol. The molecule has 2 amide bonds. The third-order valence-electron chi connectivity index (χ3n) is 3.60. The Morgan fingerprint density at radius 2 is 1.33 bits per heavy atom. The van der Waals surface area contributed by atoms with E-state index in [1.54, 1.807) is 30.3 Å². The van der Waals surface area contributed by atoms with E-state index in [2.05, 4.69) is 10.6 Å². The molecule has 0 saturated carbocycles. The number of ether oxygens (including phenoxy) is 1. The minimum absolute atomic E-state index is 0.443. The molecule has 3 rings (SSSR count). The van der Waals surface area contributed by atoms with Gasteiger partial charge in [-0.25, -0.2) is 0 Å². The van der Waals surface area contributed by atoms with Gasteiger partial charge in [-0.05, 0) is 23.6 Å². The van der Waals surface area contributed by atoms with Gasteiger partial charge in [0.1, 0.15) is 5.75 Å². The number of methoxy groups -OCH3 is 1. The normalized spacial score (nSPS) is 10.2. The Balaban J connectivity index is 1.78. The summed E-state index contributed by atoms with van der Waals surface area (Å²) in [4.78, 5) is 24.3. The molecule has 0 aliphatic carbocycles. The molecule has 2 N–H and O–H groups in total. The van der Waals surface area contributed by atoms with Crippen molar-refractivity contribution in [3.8, 4) is 5.75 Å². The number of anilines is 2. The van der Waals surface area contributed by atoms with Crippen LogP contribution in [0.15, 0.2) is 66.7 Å². The van der Waals surface area contributed by atoms with Crippen molar-refractivity contribution in [1.29, 1.82) is 0 Å². The van der Waals surface area contributed by atoms with E-state index in [0.717, 1.165) is 10.8 Å². The Hall–Kier alpha value is -3.34. The fourth-order valence-electron chi connectivity index (χ4n) is 2.44. The van der Waals surface area contributed by atoms with Crippen molar-refractivity contribution in [2.75, 3.05) is 17.7 Å². The summed E-state index contributed by atoms with van der Waals surface area (Å²) in [6.07, 6.45) is 0. The third kappa shape index (κ3) is 3.20. The highest BCUT2D eigenvalue weighted by atomic mass is 16.5. The van der Waals surface area contributed by atoms with E-state index < -0.39 is 11.8 Å². The summed E-state index contributed by atoms with van der Waals surface area (Å²) < 4.78 is 5.16. The Kier molecular flexibility index (Phi) is 4.43. The number of amides is 2. The lowest BCUT2D eigenvalue weighted by Crippen LogP contribution is -2.29. The summed E-state index contributed by atoms with van der Waals surface area (Å²) in [5, 5.41) is 7.06. The Bertz CT molecular complexity index is 901. The molecule has 0 aliphatic rings. The second kappa shape index (κ2) is 6.83. The highest BCUT2D eigenvalue weighted by molar-refractivity contribution is 6.44. The minimum Gasteiger partial charge on any atom is -0.495 e. The van der Waals surface area contributed by atoms with E-state index in [1.165, 1.54) is 7.11 Å². The topological polar surface area (TPSA) is 67.4 Å². The van der Waals surface area contributed by atoms with Gasteiger partial charge in [-0.1, -0.05) is 48.5 Å². The number of hydrogen-bond donors (Lipinski definition) is 2. The lowest BCUT2D eigenvalue weighted by molar-refractivity contribution is -0.132. The van der Waals surface area contributed by atoms with Crippen molar-refractivity contribution < 1.29 is 14.3 Å². The van der Waals surface area contributed by atoms with Crippen LogP contribution in [0.25, 0.3) is 10.8 Å². The van der Waals surface area contributed by atoms with Crippen LogP contribution < -0.4 is 15.4 Å². The molecular weight excluding hydrogens is 304 g/mol. The molecule has 0 aromatic heterocycles. The molecule has 0 atom stereocenters. The summed E-state index contributed by atoms with van der Waals surface area (Å²) in [5.41, 5.74) is 1.03. The first-order valence-corrected chi connectivity index (χ1v) is 7.42. The van der Waals surface area contributed by atoms with Gasteiger partial charge in [-0.15, -0.1) is 0 Å². The molecule has 0 saturated heterocycles. The zero-order chi connectivity index (χ0) is 16.9. The largest absolute Gasteiger partial charge is 0.495 e. The van der Waals surface area contributed by atoms with E-state index in [4.69, 9.17) is 4.74 Å². The van der Waals surface area contributed by atoms with Gasteiger partial charge in [0.05, 0.1) is 12.8 Å². The van der Waals surface area contributed by atoms with Gasteiger partial charge in [0.25, 0.3) is 0 Å². The van der Waals surface area contributed by atoms with E-state index in [0.29, 0.717) is 17.1 Å². The predicted octanol–water partition coefficient (Wildman–Crippen LogP) is 3.43. The molecule has 5 nitrogen and oxygen atoms in total. The van der Waals surface area contributed by atoms with Gasteiger partial charge in [-0.3, -0.25) is 9.59 Å². The average molecular weight is 320 g/mol. The second-order valence-electron chi connectivity index (χ2n) is 5.14. The lowest BCUT2D eigenvalue weighted by atomic mass is 10.1. The van der Waals surface area contributed by atoms with E-state index >= 15 is 0 Å². The van der Waals surface area contributed by atoms with E-state index in [9.17, 15) is 9.59 Å². The van der Waals surface area contributed by atoms with Crippen LogP contribution in [0.5, 0.6) is 5.75 Å². The summed E-state index contributed by atoms with van der Waals surface area (Å²) in [6, 6.07) is 20.1. The molecule has 0 heterocycles. The van der Waals surface area contributed by atoms with Crippen LogP contribution in [0.3, 0.4) is 0 Å². The van der Waals surface area contributed by atoms with Crippen LogP contribution in [-0.4, -0.2) is 18.9 Å². The van der Waals surface area contributed by atoms with Crippen LogP contribution in [0.1, 0.15) is 0 Å². The van der Waals surface area contributed by atoms with Gasteiger partial charge in [0, 0.05) is 11.1 Å². The zero-order valence-electron chi connectivity index (χ0n) is 13.1. The maximum atomic E-state index is 12.2. The van der Waals surface area contributed by atoms with Gasteiger partial charge >= 0.3 is 11.8 Å². The third-order valence-corrected chi connectivity index (χ3v) is 3.60. The summed E-state index contributed by atoms with van der Waals surface area (Å²) in [7, 11) is 1.50. The van der Waals surface area contributed by atoms with Crippen LogP contribution >= 0.6 is 0 Å². The predicted molar refractivity (Wildman–Crippen MR) is 94.2 cm³/mol. The van der Waals surface area contributed by atoms with Crippen molar-refractivity contribution in [2.45, 2.75) is 0 Å². The molecule has 0 aliphatic heterocycles. The van der Waals surface area contributed by atoms with Crippen LogP contribution in [0, 0.1) is 0 Å². The first-order chi connectivity index (χ1) is 11.7. The SMILES string of the molecule is COc1ccccc1NC(=O)C(=O)Nc1cccc2ccccc12. The summed E-state index contributed by atoms with van der Waals surface area (Å²) in [6.45, 7) is 0. The number of benzene rings is 3. The molecule has 120 valence electrons. The molecule has 3 aromatic rings. The van der Waals surface area contributed by atoms with Crippen molar-refractivity contribution >= 4 is 34.0 Å². The van der Waals surface area contributed by atoms with Crippen LogP contribution in [0.4, 0.5) is 11.4 Å². The lowest BCUT2D eigenvalue weighted by Gasteiger charge is -2.11. The molecule has 0 bridgehead atoms. The summed E-state index contributed by atoms with van der Waals surface area (Å²) in [5.74, 6) is -1.01. The number of carbonyl (C=O) groups is 2. The molecule has 0 spiro atoms. The standard InChI is InChI=1S/C19H16N2O3/c1-24-17-12-5-4-10-16(17)21-19(23)18(22)20-15-11-6-8-13-7-2-3-9-14(13)15/h2-12H,1H3,(H,20,22)(H,21,23). The molecule has 0 fully saturated rings. The fraction of sp³-hybridized carbons (Fsp3) is 0.0526. The molecular formula is C19H16N2O3. The van der Waals surface area contributed by atoms with Gasteiger partial charge in [0.2, 0.25) is 0 Å². The molecule has 5 heteroatoms. The number of carbonyl (C=O) groups excluding carboxylic acids is 2. The van der Waals surface area contributed by atoms with Crippen LogP contribution in [-0.2, 0) is 9.59 Å². The Labute approximate surface area is 139 Å². The molecule has 3 aromatic carbocycles. The summed E-state index contributed by atoms with van der Waals surface area (Å²) >= 11 is 0. The number of hydrogen-bond acceptors (Lipinski definition) is 3. The molecule has 0 unspecified atom stereocenters. The first kappa shape index (κ1) is 15.6. The molecule has 0 radical (unpaired) electrons. The fourth-order valence-corrected chi connectivity index (χ4v) is 2.44. The number of para-hydroxylation sites is 2. The smallest absolute Gasteiger partial charge is 0.314 e. The second-order valence-corrected chi connectivity index (χ2v) is 5.14. The van der Waals surface area contributed by atoms with Crippen molar-refractivity contribution in [2.24, 2.45) is 0 Å². The highest BCUT2D eigenvalue weighted by Crippen LogP contribution is 2.24. The quantitative estimate of drug-likeness (QED) is 0.727. The van der Waals surface area contributed by atoms with Gasteiger partial charge in [-0.2, -0.15) is 0 Å².